The topological polar surface area (TPSA) is 133 Å². The van der Waals surface area contributed by atoms with E-state index in [-0.39, 0.29) is 26.8 Å². The smallest absolute Gasteiger partial charge is 0.274 e. The van der Waals surface area contributed by atoms with Crippen molar-refractivity contribution in [2.75, 3.05) is 10.6 Å². The number of carbonyl (C=O) groups excluding carboxylic acids is 3. The number of benzene rings is 2. The number of aromatic carboxylic acids is 1. The number of hydrogen-bond acceptors (Lipinski definition) is 7. The average molecular weight is 504 g/mol. The number of nitrogens with one attached hydrogen (secondary N) is 2. The summed E-state index contributed by atoms with van der Waals surface area (Å²) >= 11 is 0.954. The van der Waals surface area contributed by atoms with E-state index < -0.39 is 23.3 Å². The molecule has 4 aromatic rings. The van der Waals surface area contributed by atoms with Crippen LogP contribution in [0.25, 0.3) is 4.96 Å². The summed E-state index contributed by atoms with van der Waals surface area (Å²) in [6, 6.07) is 12.2. The Bertz CT molecular complexity index is 1550. The highest BCUT2D eigenvalue weighted by Crippen LogP contribution is 2.26. The van der Waals surface area contributed by atoms with Crippen molar-refractivity contribution in [2.45, 2.75) is 33.6 Å². The number of fused-ring (bicyclic) bond motifs is 1. The molecule has 36 heavy (non-hydrogen) atoms. The molecule has 0 aliphatic rings. The van der Waals surface area contributed by atoms with Crippen LogP contribution < -0.4 is 21.3 Å². The van der Waals surface area contributed by atoms with Crippen molar-refractivity contribution < 1.29 is 19.5 Å². The molecule has 2 aromatic carbocycles. The summed E-state index contributed by atoms with van der Waals surface area (Å²) in [4.78, 5) is 55.5. The molecule has 184 valence electrons. The number of carbonyl (C=O) groups is 3. The zero-order valence-corrected chi connectivity index (χ0v) is 20.7. The van der Waals surface area contributed by atoms with Gasteiger partial charge in [0, 0.05) is 23.1 Å². The second-order valence-electron chi connectivity index (χ2n) is 8.25. The third-order valence-corrected chi connectivity index (χ3v) is 6.77. The van der Waals surface area contributed by atoms with Crippen LogP contribution in [0.1, 0.15) is 60.7 Å². The molecule has 2 heterocycles. The lowest BCUT2D eigenvalue weighted by Gasteiger charge is -2.11. The standard InChI is InChI=1S/C26H24N4O5S/c1-4-6-18-13-20(31)30-21(23(32)27-17-11-9-16(10-12-17)25(34)35)22(36-26(30)28-18)24(33)29-19-8-5-7-14(2)15(19)3/h5,7-13H,4,6H2,1-3H3,(H,27,32)(H,29,33)(H,34,35)/p-1. The summed E-state index contributed by atoms with van der Waals surface area (Å²) in [6.07, 6.45) is 1.36. The fourth-order valence-corrected chi connectivity index (χ4v) is 4.75. The van der Waals surface area contributed by atoms with E-state index in [2.05, 4.69) is 15.6 Å². The Hall–Kier alpha value is -4.31. The van der Waals surface area contributed by atoms with Crippen LogP contribution in [-0.2, 0) is 6.42 Å². The summed E-state index contributed by atoms with van der Waals surface area (Å²) < 4.78 is 1.13. The molecular formula is C26H23N4O5S-. The lowest BCUT2D eigenvalue weighted by Crippen LogP contribution is -2.25. The Morgan fingerprint density at radius 1 is 1.03 bits per heavy atom. The van der Waals surface area contributed by atoms with Crippen molar-refractivity contribution in [3.63, 3.8) is 0 Å². The molecule has 0 radical (unpaired) electrons. The van der Waals surface area contributed by atoms with Crippen LogP contribution in [0.2, 0.25) is 0 Å². The van der Waals surface area contributed by atoms with Gasteiger partial charge in [0.15, 0.2) is 4.96 Å². The minimum absolute atomic E-state index is 0.0259. The van der Waals surface area contributed by atoms with Crippen molar-refractivity contribution in [1.29, 1.82) is 0 Å². The van der Waals surface area contributed by atoms with E-state index in [9.17, 15) is 24.3 Å². The molecule has 0 fully saturated rings. The number of nitrogens with zero attached hydrogens (tertiary/aromatic N) is 2. The number of amides is 2. The predicted octanol–water partition coefficient (Wildman–Crippen LogP) is 3.19. The van der Waals surface area contributed by atoms with Crippen molar-refractivity contribution in [2.24, 2.45) is 0 Å². The molecule has 10 heteroatoms. The van der Waals surface area contributed by atoms with Crippen LogP contribution in [0.3, 0.4) is 0 Å². The van der Waals surface area contributed by atoms with Gasteiger partial charge in [-0.25, -0.2) is 9.38 Å². The molecule has 9 nitrogen and oxygen atoms in total. The minimum atomic E-state index is -1.34. The molecule has 0 bridgehead atoms. The highest BCUT2D eigenvalue weighted by molar-refractivity contribution is 7.19. The van der Waals surface area contributed by atoms with Crippen molar-refractivity contribution in [3.05, 3.63) is 91.8 Å². The van der Waals surface area contributed by atoms with E-state index in [1.807, 2.05) is 32.9 Å². The van der Waals surface area contributed by atoms with Crippen LogP contribution in [0, 0.1) is 13.8 Å². The number of hydrogen-bond donors (Lipinski definition) is 2. The van der Waals surface area contributed by atoms with E-state index in [0.29, 0.717) is 17.8 Å². The zero-order valence-electron chi connectivity index (χ0n) is 19.9. The molecule has 4 rings (SSSR count). The second-order valence-corrected chi connectivity index (χ2v) is 9.23. The first kappa shape index (κ1) is 24.8. The Morgan fingerprint density at radius 2 is 1.75 bits per heavy atom. The van der Waals surface area contributed by atoms with E-state index >= 15 is 0 Å². The van der Waals surface area contributed by atoms with Gasteiger partial charge in [-0.2, -0.15) is 0 Å². The lowest BCUT2D eigenvalue weighted by atomic mass is 10.1. The molecule has 2 amide bonds. The van der Waals surface area contributed by atoms with Crippen LogP contribution in [0.15, 0.2) is 53.3 Å². The van der Waals surface area contributed by atoms with E-state index in [1.165, 1.54) is 30.3 Å². The third-order valence-electron chi connectivity index (χ3n) is 5.73. The van der Waals surface area contributed by atoms with Gasteiger partial charge in [0.1, 0.15) is 10.6 Å². The van der Waals surface area contributed by atoms with Crippen LogP contribution in [-0.4, -0.2) is 27.2 Å². The van der Waals surface area contributed by atoms with Gasteiger partial charge in [-0.05, 0) is 55.2 Å². The Labute approximate surface area is 210 Å². The fraction of sp³-hybridized carbons (Fsp3) is 0.192. The fourth-order valence-electron chi connectivity index (χ4n) is 3.71. The van der Waals surface area contributed by atoms with Crippen molar-refractivity contribution >= 4 is 45.5 Å². The van der Waals surface area contributed by atoms with E-state index in [4.69, 9.17) is 0 Å². The Morgan fingerprint density at radius 3 is 2.42 bits per heavy atom. The average Bonchev–Trinajstić information content (AvgIpc) is 3.23. The van der Waals surface area contributed by atoms with Crippen LogP contribution in [0.5, 0.6) is 0 Å². The largest absolute Gasteiger partial charge is 0.545 e. The minimum Gasteiger partial charge on any atom is -0.545 e. The van der Waals surface area contributed by atoms with Gasteiger partial charge in [0.25, 0.3) is 17.4 Å². The maximum Gasteiger partial charge on any atom is 0.274 e. The first-order chi connectivity index (χ1) is 17.2. The molecule has 2 N–H and O–H groups in total. The molecule has 2 aromatic heterocycles. The van der Waals surface area contributed by atoms with Crippen LogP contribution >= 0.6 is 11.3 Å². The first-order valence-corrected chi connectivity index (χ1v) is 12.1. The third kappa shape index (κ3) is 4.89. The van der Waals surface area contributed by atoms with Gasteiger partial charge in [0.2, 0.25) is 0 Å². The van der Waals surface area contributed by atoms with E-state index in [1.54, 1.807) is 6.07 Å². The number of aromatic nitrogens is 2. The SMILES string of the molecule is CCCc1cc(=O)n2c(C(=O)Nc3ccc(C(=O)[O-])cc3)c(C(=O)Nc3cccc(C)c3C)sc2n1. The predicted molar refractivity (Wildman–Crippen MR) is 136 cm³/mol. The van der Waals surface area contributed by atoms with Gasteiger partial charge >= 0.3 is 0 Å². The number of thiazole rings is 1. The molecule has 0 spiro atoms. The van der Waals surface area contributed by atoms with E-state index in [0.717, 1.165) is 33.3 Å². The maximum absolute atomic E-state index is 13.4. The first-order valence-electron chi connectivity index (χ1n) is 11.3. The normalized spacial score (nSPS) is 10.9. The summed E-state index contributed by atoms with van der Waals surface area (Å²) in [5.74, 6) is -2.60. The van der Waals surface area contributed by atoms with Gasteiger partial charge in [-0.3, -0.25) is 14.4 Å². The van der Waals surface area contributed by atoms with Gasteiger partial charge in [-0.15, -0.1) is 0 Å². The van der Waals surface area contributed by atoms with Gasteiger partial charge in [-0.1, -0.05) is 48.9 Å². The highest BCUT2D eigenvalue weighted by Gasteiger charge is 2.27. The second kappa shape index (κ2) is 10.1. The molecule has 0 aliphatic carbocycles. The number of aryl methyl sites for hydroxylation is 2. The van der Waals surface area contributed by atoms with Crippen molar-refractivity contribution in [3.8, 4) is 0 Å². The molecule has 0 saturated heterocycles. The number of anilines is 2. The lowest BCUT2D eigenvalue weighted by molar-refractivity contribution is -0.255. The number of carboxylic acids is 1. The summed E-state index contributed by atoms with van der Waals surface area (Å²) in [6.45, 7) is 5.77. The monoisotopic (exact) mass is 503 g/mol. The van der Waals surface area contributed by atoms with Gasteiger partial charge in [0.05, 0.1) is 5.97 Å². The Kier molecular flexibility index (Phi) is 6.98. The molecular weight excluding hydrogens is 480 g/mol. The quantitative estimate of drug-likeness (QED) is 0.398. The highest BCUT2D eigenvalue weighted by atomic mass is 32.1. The number of carboxylic acid groups (broad SMARTS) is 1. The summed E-state index contributed by atoms with van der Waals surface area (Å²) in [5, 5.41) is 16.5. The number of rotatable bonds is 7. The maximum atomic E-state index is 13.4. The summed E-state index contributed by atoms with van der Waals surface area (Å²) in [7, 11) is 0. The van der Waals surface area contributed by atoms with Crippen LogP contribution in [0.4, 0.5) is 11.4 Å². The molecule has 0 saturated carbocycles. The Balaban J connectivity index is 1.79. The molecule has 0 aliphatic heterocycles. The zero-order chi connectivity index (χ0) is 26.0. The summed E-state index contributed by atoms with van der Waals surface area (Å²) in [5.41, 5.74) is 2.66. The van der Waals surface area contributed by atoms with Gasteiger partial charge < -0.3 is 20.5 Å². The molecule has 0 unspecified atom stereocenters. The molecule has 0 atom stereocenters. The van der Waals surface area contributed by atoms with Crippen molar-refractivity contribution in [1.82, 2.24) is 9.38 Å².